The van der Waals surface area contributed by atoms with Crippen LogP contribution in [0.15, 0.2) is 47.6 Å². The highest BCUT2D eigenvalue weighted by Gasteiger charge is 2.06. The summed E-state index contributed by atoms with van der Waals surface area (Å²) in [4.78, 5) is 0. The average molecular weight is 357 g/mol. The molecule has 2 rings (SSSR count). The Balaban J connectivity index is 2.06. The Kier molecular flexibility index (Phi) is 7.22. The van der Waals surface area contributed by atoms with Crippen molar-refractivity contribution < 1.29 is 9.47 Å². The minimum Gasteiger partial charge on any atom is -0.490 e. The molecule has 25 heavy (non-hydrogen) atoms. The zero-order valence-electron chi connectivity index (χ0n) is 14.7. The van der Waals surface area contributed by atoms with Crippen molar-refractivity contribution in [2.75, 3.05) is 13.7 Å². The Hall–Kier alpha value is -2.60. The van der Waals surface area contributed by atoms with Crippen LogP contribution < -0.4 is 20.2 Å². The molecule has 0 aliphatic heterocycles. The van der Waals surface area contributed by atoms with Crippen molar-refractivity contribution in [3.63, 3.8) is 0 Å². The second kappa shape index (κ2) is 9.64. The van der Waals surface area contributed by atoms with Crippen molar-refractivity contribution in [3.05, 3.63) is 59.2 Å². The molecule has 0 saturated heterocycles. The van der Waals surface area contributed by atoms with Crippen LogP contribution in [0.1, 0.15) is 23.6 Å². The first kappa shape index (κ1) is 18.7. The molecule has 2 N–H and O–H groups in total. The Bertz CT molecular complexity index is 730. The minimum atomic E-state index is 0.458. The SMILES string of the molecule is CCOc1cc(/C=N\NC(=S)NC)ccc1OCc1ccc(C)cc1. The zero-order chi connectivity index (χ0) is 18.1. The second-order valence-corrected chi connectivity index (χ2v) is 5.77. The molecule has 0 bridgehead atoms. The topological polar surface area (TPSA) is 54.9 Å². The number of thiocarbonyl (C=S) groups is 1. The molecule has 0 saturated carbocycles. The maximum Gasteiger partial charge on any atom is 0.186 e. The Morgan fingerprint density at radius 1 is 1.12 bits per heavy atom. The van der Waals surface area contributed by atoms with E-state index >= 15 is 0 Å². The normalized spacial score (nSPS) is 10.5. The Morgan fingerprint density at radius 3 is 2.56 bits per heavy atom. The van der Waals surface area contributed by atoms with Crippen LogP contribution in [0.5, 0.6) is 11.5 Å². The summed E-state index contributed by atoms with van der Waals surface area (Å²) in [7, 11) is 1.73. The van der Waals surface area contributed by atoms with Gasteiger partial charge in [0.1, 0.15) is 6.61 Å². The van der Waals surface area contributed by atoms with Gasteiger partial charge in [0, 0.05) is 7.05 Å². The van der Waals surface area contributed by atoms with Gasteiger partial charge in [-0.25, -0.2) is 0 Å². The van der Waals surface area contributed by atoms with E-state index in [4.69, 9.17) is 21.7 Å². The van der Waals surface area contributed by atoms with E-state index in [1.54, 1.807) is 13.3 Å². The van der Waals surface area contributed by atoms with Gasteiger partial charge in [0.05, 0.1) is 12.8 Å². The fourth-order valence-corrected chi connectivity index (χ4v) is 2.11. The van der Waals surface area contributed by atoms with Crippen molar-refractivity contribution in [2.45, 2.75) is 20.5 Å². The van der Waals surface area contributed by atoms with Crippen molar-refractivity contribution in [1.29, 1.82) is 0 Å². The van der Waals surface area contributed by atoms with Gasteiger partial charge in [-0.15, -0.1) is 0 Å². The molecule has 0 fully saturated rings. The fourth-order valence-electron chi connectivity index (χ4n) is 2.06. The molecule has 2 aromatic carbocycles. The van der Waals surface area contributed by atoms with Crippen molar-refractivity contribution in [3.8, 4) is 11.5 Å². The summed E-state index contributed by atoms with van der Waals surface area (Å²) >= 11 is 4.97. The summed E-state index contributed by atoms with van der Waals surface area (Å²) in [6.07, 6.45) is 1.68. The molecule has 0 radical (unpaired) electrons. The van der Waals surface area contributed by atoms with E-state index in [2.05, 4.69) is 47.0 Å². The molecule has 2 aromatic rings. The molecule has 0 aromatic heterocycles. The molecule has 0 spiro atoms. The third kappa shape index (κ3) is 6.08. The molecule has 6 heteroatoms. The fraction of sp³-hybridized carbons (Fsp3) is 0.263. The van der Waals surface area contributed by atoms with Gasteiger partial charge in [-0.3, -0.25) is 5.43 Å². The number of rotatable bonds is 7. The number of nitrogens with zero attached hydrogens (tertiary/aromatic N) is 1. The number of benzene rings is 2. The summed E-state index contributed by atoms with van der Waals surface area (Å²) < 4.78 is 11.6. The van der Waals surface area contributed by atoms with Gasteiger partial charge in [0.25, 0.3) is 0 Å². The van der Waals surface area contributed by atoms with Crippen LogP contribution in [0.3, 0.4) is 0 Å². The first-order valence-corrected chi connectivity index (χ1v) is 8.49. The molecule has 0 atom stereocenters. The lowest BCUT2D eigenvalue weighted by Crippen LogP contribution is -2.28. The smallest absolute Gasteiger partial charge is 0.186 e. The van der Waals surface area contributed by atoms with Gasteiger partial charge < -0.3 is 14.8 Å². The monoisotopic (exact) mass is 357 g/mol. The van der Waals surface area contributed by atoms with E-state index in [0.29, 0.717) is 29.8 Å². The predicted molar refractivity (Wildman–Crippen MR) is 106 cm³/mol. The van der Waals surface area contributed by atoms with E-state index in [-0.39, 0.29) is 0 Å². The molecule has 5 nitrogen and oxygen atoms in total. The molecular weight excluding hydrogens is 334 g/mol. The molecule has 0 unspecified atom stereocenters. The minimum absolute atomic E-state index is 0.458. The lowest BCUT2D eigenvalue weighted by atomic mass is 10.2. The summed E-state index contributed by atoms with van der Waals surface area (Å²) in [5, 5.41) is 7.32. The van der Waals surface area contributed by atoms with Crippen LogP contribution in [0.25, 0.3) is 0 Å². The highest BCUT2D eigenvalue weighted by Crippen LogP contribution is 2.28. The molecular formula is C19H23N3O2S. The van der Waals surface area contributed by atoms with Gasteiger partial charge in [-0.05, 0) is 55.4 Å². The van der Waals surface area contributed by atoms with Crippen molar-refractivity contribution in [2.24, 2.45) is 5.10 Å². The van der Waals surface area contributed by atoms with Crippen molar-refractivity contribution >= 4 is 23.5 Å². The predicted octanol–water partition coefficient (Wildman–Crippen LogP) is 3.40. The maximum absolute atomic E-state index is 5.91. The molecule has 132 valence electrons. The van der Waals surface area contributed by atoms with E-state index in [0.717, 1.165) is 11.1 Å². The number of hydrogen-bond acceptors (Lipinski definition) is 4. The van der Waals surface area contributed by atoms with Gasteiger partial charge in [-0.1, -0.05) is 29.8 Å². The van der Waals surface area contributed by atoms with Crippen LogP contribution in [0, 0.1) is 6.92 Å². The third-order valence-corrected chi connectivity index (χ3v) is 3.68. The van der Waals surface area contributed by atoms with Crippen molar-refractivity contribution in [1.82, 2.24) is 10.7 Å². The first-order chi connectivity index (χ1) is 12.1. The van der Waals surface area contributed by atoms with Gasteiger partial charge >= 0.3 is 0 Å². The molecule has 0 heterocycles. The Labute approximate surface area is 154 Å². The summed E-state index contributed by atoms with van der Waals surface area (Å²) in [5.74, 6) is 1.40. The Morgan fingerprint density at radius 2 is 1.88 bits per heavy atom. The second-order valence-electron chi connectivity index (χ2n) is 5.36. The van der Waals surface area contributed by atoms with Gasteiger partial charge in [0.2, 0.25) is 0 Å². The highest BCUT2D eigenvalue weighted by molar-refractivity contribution is 7.80. The number of hydrogen-bond donors (Lipinski definition) is 2. The van der Waals surface area contributed by atoms with E-state index in [1.165, 1.54) is 5.56 Å². The van der Waals surface area contributed by atoms with Crippen LogP contribution >= 0.6 is 12.2 Å². The highest BCUT2D eigenvalue weighted by atomic mass is 32.1. The lowest BCUT2D eigenvalue weighted by Gasteiger charge is -2.13. The quantitative estimate of drug-likeness (QED) is 0.452. The summed E-state index contributed by atoms with van der Waals surface area (Å²) in [5.41, 5.74) is 5.95. The number of ether oxygens (including phenoxy) is 2. The standard InChI is InChI=1S/C19H23N3O2S/c1-4-23-18-11-16(12-21-22-19(25)20-3)9-10-17(18)24-13-15-7-5-14(2)6-8-15/h5-12H,4,13H2,1-3H3,(H2,20,22,25)/b21-12-. The summed E-state index contributed by atoms with van der Waals surface area (Å²) in [6, 6.07) is 14.0. The van der Waals surface area contributed by atoms with E-state index in [9.17, 15) is 0 Å². The molecule has 0 amide bonds. The van der Waals surface area contributed by atoms with Crippen LogP contribution in [-0.4, -0.2) is 25.0 Å². The largest absolute Gasteiger partial charge is 0.490 e. The molecule has 0 aliphatic rings. The van der Waals surface area contributed by atoms with Crippen LogP contribution in [0.2, 0.25) is 0 Å². The number of aryl methyl sites for hydroxylation is 1. The van der Waals surface area contributed by atoms with Gasteiger partial charge in [-0.2, -0.15) is 5.10 Å². The average Bonchev–Trinajstić information content (AvgIpc) is 2.62. The summed E-state index contributed by atoms with van der Waals surface area (Å²) in [6.45, 7) is 5.06. The molecule has 0 aliphatic carbocycles. The van der Waals surface area contributed by atoms with E-state index < -0.39 is 0 Å². The zero-order valence-corrected chi connectivity index (χ0v) is 15.5. The number of nitrogens with one attached hydrogen (secondary N) is 2. The van der Waals surface area contributed by atoms with Crippen LogP contribution in [-0.2, 0) is 6.61 Å². The first-order valence-electron chi connectivity index (χ1n) is 8.08. The lowest BCUT2D eigenvalue weighted by molar-refractivity contribution is 0.269. The third-order valence-electron chi connectivity index (χ3n) is 3.39. The maximum atomic E-state index is 5.91. The van der Waals surface area contributed by atoms with Gasteiger partial charge in [0.15, 0.2) is 16.6 Å². The van der Waals surface area contributed by atoms with E-state index in [1.807, 2.05) is 25.1 Å². The number of hydrazone groups is 1. The van der Waals surface area contributed by atoms with Crippen LogP contribution in [0.4, 0.5) is 0 Å².